The van der Waals surface area contributed by atoms with E-state index in [2.05, 4.69) is 32.6 Å². The Labute approximate surface area is 125 Å². The minimum Gasteiger partial charge on any atom is -0.389 e. The van der Waals surface area contributed by atoms with Crippen LogP contribution < -0.4 is 0 Å². The number of nitrogens with zero attached hydrogens (tertiary/aromatic N) is 1. The monoisotopic (exact) mass is 281 g/mol. The molecule has 1 saturated heterocycles. The van der Waals surface area contributed by atoms with Crippen molar-refractivity contribution in [3.63, 3.8) is 0 Å². The Balaban J connectivity index is 1.81. The summed E-state index contributed by atoms with van der Waals surface area (Å²) in [6.45, 7) is 12.6. The molecule has 2 fully saturated rings. The van der Waals surface area contributed by atoms with Crippen LogP contribution in [0.3, 0.4) is 0 Å². The van der Waals surface area contributed by atoms with E-state index in [1.807, 2.05) is 0 Å². The maximum Gasteiger partial charge on any atom is 0.0774 e. The van der Waals surface area contributed by atoms with Crippen LogP contribution in [0.2, 0.25) is 0 Å². The normalized spacial score (nSPS) is 28.1. The van der Waals surface area contributed by atoms with E-state index in [1.165, 1.54) is 51.6 Å². The lowest BCUT2D eigenvalue weighted by Crippen LogP contribution is -2.60. The van der Waals surface area contributed by atoms with Gasteiger partial charge in [-0.15, -0.1) is 0 Å². The van der Waals surface area contributed by atoms with Gasteiger partial charge in [0, 0.05) is 19.6 Å². The molecule has 0 aromatic carbocycles. The standard InChI is InChI=1S/C18H35NO/c1-5-7-17(8-6-2)13-19(14-17)15-18(20)11-9-16(3,4)10-12-18/h20H,5-15H2,1-4H3. The highest BCUT2D eigenvalue weighted by Crippen LogP contribution is 2.44. The van der Waals surface area contributed by atoms with Crippen molar-refractivity contribution in [1.82, 2.24) is 4.90 Å². The van der Waals surface area contributed by atoms with Crippen molar-refractivity contribution in [2.24, 2.45) is 10.8 Å². The number of aliphatic hydroxyl groups is 1. The van der Waals surface area contributed by atoms with E-state index in [1.54, 1.807) is 0 Å². The van der Waals surface area contributed by atoms with E-state index in [-0.39, 0.29) is 0 Å². The van der Waals surface area contributed by atoms with Crippen molar-refractivity contribution >= 4 is 0 Å². The number of β-amino-alcohol motifs (C(OH)–C–C–N with tert-alkyl or cyclic N) is 1. The fraction of sp³-hybridized carbons (Fsp3) is 1.00. The molecule has 0 amide bonds. The van der Waals surface area contributed by atoms with Gasteiger partial charge in [-0.25, -0.2) is 0 Å². The van der Waals surface area contributed by atoms with Gasteiger partial charge in [-0.3, -0.25) is 4.90 Å². The fourth-order valence-electron chi connectivity index (χ4n) is 4.48. The van der Waals surface area contributed by atoms with Gasteiger partial charge in [0.25, 0.3) is 0 Å². The first kappa shape index (κ1) is 16.3. The predicted octanol–water partition coefficient (Wildman–Crippen LogP) is 4.22. The molecule has 2 heteroatoms. The maximum atomic E-state index is 10.8. The van der Waals surface area contributed by atoms with E-state index in [4.69, 9.17) is 0 Å². The summed E-state index contributed by atoms with van der Waals surface area (Å²) in [6.07, 6.45) is 9.65. The summed E-state index contributed by atoms with van der Waals surface area (Å²) in [4.78, 5) is 2.52. The Morgan fingerprint density at radius 2 is 1.40 bits per heavy atom. The largest absolute Gasteiger partial charge is 0.389 e. The summed E-state index contributed by atoms with van der Waals surface area (Å²) in [5.74, 6) is 0. The Kier molecular flexibility index (Phi) is 4.86. The van der Waals surface area contributed by atoms with Crippen LogP contribution in [-0.4, -0.2) is 35.2 Å². The zero-order valence-corrected chi connectivity index (χ0v) is 14.2. The molecule has 118 valence electrons. The molecule has 1 N–H and O–H groups in total. The van der Waals surface area contributed by atoms with Crippen molar-refractivity contribution in [1.29, 1.82) is 0 Å². The predicted molar refractivity (Wildman–Crippen MR) is 85.9 cm³/mol. The summed E-state index contributed by atoms with van der Waals surface area (Å²) in [7, 11) is 0. The van der Waals surface area contributed by atoms with Crippen LogP contribution in [0.4, 0.5) is 0 Å². The van der Waals surface area contributed by atoms with E-state index in [0.717, 1.165) is 19.4 Å². The van der Waals surface area contributed by atoms with Crippen LogP contribution >= 0.6 is 0 Å². The lowest BCUT2D eigenvalue weighted by atomic mass is 9.68. The molecule has 1 heterocycles. The molecule has 0 bridgehead atoms. The quantitative estimate of drug-likeness (QED) is 0.788. The maximum absolute atomic E-state index is 10.8. The first-order chi connectivity index (χ1) is 9.32. The van der Waals surface area contributed by atoms with Crippen molar-refractivity contribution in [3.05, 3.63) is 0 Å². The summed E-state index contributed by atoms with van der Waals surface area (Å²) >= 11 is 0. The summed E-state index contributed by atoms with van der Waals surface area (Å²) in [5, 5.41) is 10.8. The van der Waals surface area contributed by atoms with Gasteiger partial charge in [0.15, 0.2) is 0 Å². The second-order valence-corrected chi connectivity index (χ2v) is 8.53. The van der Waals surface area contributed by atoms with Gasteiger partial charge < -0.3 is 5.11 Å². The van der Waals surface area contributed by atoms with Gasteiger partial charge in [-0.2, -0.15) is 0 Å². The topological polar surface area (TPSA) is 23.5 Å². The number of hydrogen-bond acceptors (Lipinski definition) is 2. The van der Waals surface area contributed by atoms with Crippen LogP contribution in [0.15, 0.2) is 0 Å². The Bertz CT molecular complexity index is 299. The lowest BCUT2D eigenvalue weighted by Gasteiger charge is -2.54. The van der Waals surface area contributed by atoms with Gasteiger partial charge in [0.1, 0.15) is 0 Å². The van der Waals surface area contributed by atoms with Crippen molar-refractivity contribution in [2.75, 3.05) is 19.6 Å². The summed E-state index contributed by atoms with van der Waals surface area (Å²) in [6, 6.07) is 0. The van der Waals surface area contributed by atoms with Gasteiger partial charge in [0.05, 0.1) is 5.60 Å². The average Bonchev–Trinajstić information content (AvgIpc) is 2.32. The molecule has 1 aliphatic carbocycles. The third kappa shape index (κ3) is 3.76. The molecule has 0 aromatic heterocycles. The van der Waals surface area contributed by atoms with E-state index in [0.29, 0.717) is 10.8 Å². The third-order valence-corrected chi connectivity index (χ3v) is 5.73. The van der Waals surface area contributed by atoms with Crippen LogP contribution in [0.25, 0.3) is 0 Å². The molecule has 1 saturated carbocycles. The molecule has 0 radical (unpaired) electrons. The highest BCUT2D eigenvalue weighted by atomic mass is 16.3. The molecule has 0 spiro atoms. The summed E-state index contributed by atoms with van der Waals surface area (Å²) in [5.41, 5.74) is 0.614. The number of rotatable bonds is 6. The first-order valence-corrected chi connectivity index (χ1v) is 8.77. The Morgan fingerprint density at radius 1 is 0.900 bits per heavy atom. The molecule has 0 aromatic rings. The van der Waals surface area contributed by atoms with Crippen LogP contribution in [0.1, 0.15) is 79.1 Å². The van der Waals surface area contributed by atoms with Gasteiger partial charge >= 0.3 is 0 Å². The average molecular weight is 281 g/mol. The Morgan fingerprint density at radius 3 is 1.85 bits per heavy atom. The van der Waals surface area contributed by atoms with Crippen LogP contribution in [0.5, 0.6) is 0 Å². The zero-order chi connectivity index (χ0) is 14.9. The van der Waals surface area contributed by atoms with E-state index >= 15 is 0 Å². The minimum absolute atomic E-state index is 0.403. The molecule has 0 unspecified atom stereocenters. The molecule has 0 atom stereocenters. The van der Waals surface area contributed by atoms with Crippen LogP contribution in [-0.2, 0) is 0 Å². The van der Waals surface area contributed by atoms with E-state index < -0.39 is 5.60 Å². The van der Waals surface area contributed by atoms with Crippen molar-refractivity contribution in [2.45, 2.75) is 84.7 Å². The van der Waals surface area contributed by atoms with Gasteiger partial charge in [0.2, 0.25) is 0 Å². The molecular formula is C18H35NO. The molecular weight excluding hydrogens is 246 g/mol. The van der Waals surface area contributed by atoms with Gasteiger partial charge in [-0.05, 0) is 49.4 Å². The highest BCUT2D eigenvalue weighted by Gasteiger charge is 2.45. The summed E-state index contributed by atoms with van der Waals surface area (Å²) < 4.78 is 0. The smallest absolute Gasteiger partial charge is 0.0774 e. The fourth-order valence-corrected chi connectivity index (χ4v) is 4.48. The Hall–Kier alpha value is -0.0800. The van der Waals surface area contributed by atoms with E-state index in [9.17, 15) is 5.11 Å². The highest BCUT2D eigenvalue weighted by molar-refractivity contribution is 4.99. The van der Waals surface area contributed by atoms with Crippen LogP contribution in [0, 0.1) is 10.8 Å². The molecule has 2 aliphatic rings. The van der Waals surface area contributed by atoms with Crippen molar-refractivity contribution in [3.8, 4) is 0 Å². The second-order valence-electron chi connectivity index (χ2n) is 8.53. The van der Waals surface area contributed by atoms with Crippen molar-refractivity contribution < 1.29 is 5.11 Å². The molecule has 1 aliphatic heterocycles. The molecule has 20 heavy (non-hydrogen) atoms. The molecule has 2 rings (SSSR count). The zero-order valence-electron chi connectivity index (χ0n) is 14.2. The molecule has 2 nitrogen and oxygen atoms in total. The third-order valence-electron chi connectivity index (χ3n) is 5.73. The first-order valence-electron chi connectivity index (χ1n) is 8.77. The second kappa shape index (κ2) is 5.96. The SMILES string of the molecule is CCCC1(CCC)CN(CC2(O)CCC(C)(C)CC2)C1. The lowest BCUT2D eigenvalue weighted by molar-refractivity contribution is -0.0986. The minimum atomic E-state index is -0.403. The van der Waals surface area contributed by atoms with Gasteiger partial charge in [-0.1, -0.05) is 40.5 Å². The number of hydrogen-bond donors (Lipinski definition) is 1. The number of likely N-dealkylation sites (tertiary alicyclic amines) is 1.